The Labute approximate surface area is 214 Å². The van der Waals surface area contributed by atoms with Crippen LogP contribution in [0.15, 0.2) is 27.9 Å². The Hall–Kier alpha value is -2.13. The van der Waals surface area contributed by atoms with E-state index < -0.39 is 0 Å². The fourth-order valence-corrected chi connectivity index (χ4v) is 5.25. The summed E-state index contributed by atoms with van der Waals surface area (Å²) in [5, 5.41) is 10.9. The van der Waals surface area contributed by atoms with Crippen molar-refractivity contribution in [1.82, 2.24) is 20.1 Å². The number of carbonyl (C=O) groups is 1. The SMILES string of the molecule is COc1cncc(Cl)c1CNC(=O)Cn1ncc(N[C@@H]2C[C@H](C)C(C)(C)[C@H](C)[C@H]2C)c(Br)c1=O. The second-order valence-corrected chi connectivity index (χ2v) is 11.0. The number of methoxy groups -OCH3 is 1. The van der Waals surface area contributed by atoms with Crippen LogP contribution < -0.4 is 20.9 Å². The fraction of sp³-hybridized carbons (Fsp3) is 0.583. The number of carbonyl (C=O) groups excluding carboxylic acids is 1. The number of nitrogens with zero attached hydrogens (tertiary/aromatic N) is 3. The van der Waals surface area contributed by atoms with Crippen LogP contribution in [0.3, 0.4) is 0 Å². The third-order valence-corrected chi connectivity index (χ3v) is 8.83. The highest BCUT2D eigenvalue weighted by molar-refractivity contribution is 9.10. The lowest BCUT2D eigenvalue weighted by molar-refractivity contribution is -0.122. The molecule has 0 spiro atoms. The molecule has 0 aromatic carbocycles. The summed E-state index contributed by atoms with van der Waals surface area (Å²) in [6.07, 6.45) is 5.62. The molecule has 2 aromatic rings. The van der Waals surface area contributed by atoms with E-state index in [0.29, 0.717) is 44.2 Å². The molecule has 2 N–H and O–H groups in total. The number of ether oxygens (including phenoxy) is 1. The molecule has 1 amide bonds. The molecule has 0 saturated heterocycles. The van der Waals surface area contributed by atoms with Crippen LogP contribution in [0.4, 0.5) is 5.69 Å². The zero-order valence-electron chi connectivity index (χ0n) is 20.5. The van der Waals surface area contributed by atoms with Gasteiger partial charge in [-0.05, 0) is 45.5 Å². The summed E-state index contributed by atoms with van der Waals surface area (Å²) < 4.78 is 6.74. The van der Waals surface area contributed by atoms with Crippen molar-refractivity contribution in [2.45, 2.75) is 60.2 Å². The van der Waals surface area contributed by atoms with Gasteiger partial charge in [-0.25, -0.2) is 4.68 Å². The maximum Gasteiger partial charge on any atom is 0.283 e. The van der Waals surface area contributed by atoms with Gasteiger partial charge in [-0.1, -0.05) is 46.2 Å². The van der Waals surface area contributed by atoms with Crippen LogP contribution in [-0.4, -0.2) is 33.8 Å². The van der Waals surface area contributed by atoms with Gasteiger partial charge in [-0.15, -0.1) is 0 Å². The van der Waals surface area contributed by atoms with Crippen molar-refractivity contribution in [2.75, 3.05) is 12.4 Å². The molecule has 0 bridgehead atoms. The molecule has 1 aliphatic rings. The first-order valence-electron chi connectivity index (χ1n) is 11.4. The Bertz CT molecular complexity index is 1110. The number of nitrogens with one attached hydrogen (secondary N) is 2. The molecule has 8 nitrogen and oxygen atoms in total. The van der Waals surface area contributed by atoms with Crippen molar-refractivity contribution < 1.29 is 9.53 Å². The van der Waals surface area contributed by atoms with Crippen molar-refractivity contribution in [3.63, 3.8) is 0 Å². The van der Waals surface area contributed by atoms with E-state index in [1.54, 1.807) is 6.20 Å². The van der Waals surface area contributed by atoms with Gasteiger partial charge in [0.2, 0.25) is 5.91 Å². The quantitative estimate of drug-likeness (QED) is 0.523. The van der Waals surface area contributed by atoms with E-state index in [2.05, 4.69) is 71.3 Å². The fourth-order valence-electron chi connectivity index (χ4n) is 4.61. The molecule has 34 heavy (non-hydrogen) atoms. The molecule has 1 saturated carbocycles. The first kappa shape index (κ1) is 26.5. The van der Waals surface area contributed by atoms with Gasteiger partial charge in [-0.2, -0.15) is 5.10 Å². The maximum absolute atomic E-state index is 12.9. The topological polar surface area (TPSA) is 98.1 Å². The number of aromatic nitrogens is 3. The van der Waals surface area contributed by atoms with E-state index in [9.17, 15) is 9.59 Å². The van der Waals surface area contributed by atoms with E-state index in [1.807, 2.05) is 0 Å². The minimum absolute atomic E-state index is 0.144. The summed E-state index contributed by atoms with van der Waals surface area (Å²) in [5.74, 6) is 1.60. The predicted octanol–water partition coefficient (Wildman–Crippen LogP) is 4.50. The second-order valence-electron chi connectivity index (χ2n) is 9.77. The first-order valence-corrected chi connectivity index (χ1v) is 12.6. The zero-order valence-corrected chi connectivity index (χ0v) is 22.8. The minimum atomic E-state index is -0.372. The van der Waals surface area contributed by atoms with E-state index in [-0.39, 0.29) is 36.0 Å². The lowest BCUT2D eigenvalue weighted by Gasteiger charge is -2.50. The maximum atomic E-state index is 12.9. The van der Waals surface area contributed by atoms with Crippen LogP contribution in [0.25, 0.3) is 0 Å². The number of halogens is 2. The summed E-state index contributed by atoms with van der Waals surface area (Å²) in [5.41, 5.74) is 1.14. The zero-order chi connectivity index (χ0) is 25.2. The number of hydrogen-bond donors (Lipinski definition) is 2. The van der Waals surface area contributed by atoms with E-state index >= 15 is 0 Å². The molecule has 0 aliphatic heterocycles. The van der Waals surface area contributed by atoms with Gasteiger partial charge < -0.3 is 15.4 Å². The standard InChI is InChI=1S/C24H33BrClN5O3/c1-13-7-18(14(2)15(3)24(13,4)5)30-19-10-29-31(23(33)22(19)25)12-21(32)28-8-16-17(26)9-27-11-20(16)34-6/h9-11,13-15,18,30H,7-8,12H2,1-6H3,(H,28,32)/t13-,14+,15+,18+/m0/s1. The Morgan fingerprint density at radius 2 is 2.00 bits per heavy atom. The lowest BCUT2D eigenvalue weighted by atomic mass is 9.58. The molecular weight excluding hydrogens is 522 g/mol. The Kier molecular flexibility index (Phi) is 8.29. The van der Waals surface area contributed by atoms with Crippen LogP contribution in [0.1, 0.15) is 46.6 Å². The third-order valence-electron chi connectivity index (χ3n) is 7.74. The molecular formula is C24H33BrClN5O3. The number of hydrogen-bond acceptors (Lipinski definition) is 6. The highest BCUT2D eigenvalue weighted by Crippen LogP contribution is 2.48. The minimum Gasteiger partial charge on any atom is -0.495 e. The van der Waals surface area contributed by atoms with Gasteiger partial charge in [0.15, 0.2) is 0 Å². The summed E-state index contributed by atoms with van der Waals surface area (Å²) in [7, 11) is 1.51. The van der Waals surface area contributed by atoms with Crippen molar-refractivity contribution in [3.8, 4) is 5.75 Å². The summed E-state index contributed by atoms with van der Waals surface area (Å²) in [4.78, 5) is 29.4. The second kappa shape index (κ2) is 10.6. The van der Waals surface area contributed by atoms with Gasteiger partial charge in [-0.3, -0.25) is 14.6 Å². The highest BCUT2D eigenvalue weighted by atomic mass is 79.9. The van der Waals surface area contributed by atoms with E-state index in [1.165, 1.54) is 19.5 Å². The summed E-state index contributed by atoms with van der Waals surface area (Å²) in [6.45, 7) is 11.4. The predicted molar refractivity (Wildman–Crippen MR) is 137 cm³/mol. The van der Waals surface area contributed by atoms with Crippen molar-refractivity contribution in [2.24, 2.45) is 23.2 Å². The largest absolute Gasteiger partial charge is 0.495 e. The molecule has 2 heterocycles. The number of rotatable bonds is 7. The van der Waals surface area contributed by atoms with Gasteiger partial charge in [0.05, 0.1) is 30.2 Å². The van der Waals surface area contributed by atoms with Crippen LogP contribution >= 0.6 is 27.5 Å². The Morgan fingerprint density at radius 1 is 1.29 bits per heavy atom. The highest BCUT2D eigenvalue weighted by Gasteiger charge is 2.43. The van der Waals surface area contributed by atoms with E-state index in [4.69, 9.17) is 16.3 Å². The van der Waals surface area contributed by atoms with Gasteiger partial charge in [0.25, 0.3) is 5.56 Å². The molecule has 4 atom stereocenters. The van der Waals surface area contributed by atoms with Crippen LogP contribution in [0.2, 0.25) is 5.02 Å². The number of anilines is 1. The van der Waals surface area contributed by atoms with Crippen molar-refractivity contribution in [1.29, 1.82) is 0 Å². The average molecular weight is 555 g/mol. The normalized spacial score (nSPS) is 23.9. The molecule has 186 valence electrons. The molecule has 3 rings (SSSR count). The molecule has 10 heteroatoms. The van der Waals surface area contributed by atoms with Gasteiger partial charge in [0, 0.05) is 24.3 Å². The van der Waals surface area contributed by atoms with E-state index in [0.717, 1.165) is 11.1 Å². The summed E-state index contributed by atoms with van der Waals surface area (Å²) >= 11 is 9.58. The molecule has 0 radical (unpaired) electrons. The van der Waals surface area contributed by atoms with Gasteiger partial charge in [0.1, 0.15) is 16.8 Å². The monoisotopic (exact) mass is 553 g/mol. The molecule has 1 fully saturated rings. The average Bonchev–Trinajstić information content (AvgIpc) is 2.80. The number of amides is 1. The molecule has 2 aromatic heterocycles. The Morgan fingerprint density at radius 3 is 2.68 bits per heavy atom. The van der Waals surface area contributed by atoms with Crippen LogP contribution in [0, 0.1) is 23.2 Å². The van der Waals surface area contributed by atoms with Crippen LogP contribution in [0.5, 0.6) is 5.75 Å². The third kappa shape index (κ3) is 5.40. The molecule has 1 aliphatic carbocycles. The van der Waals surface area contributed by atoms with Crippen molar-refractivity contribution >= 4 is 39.1 Å². The van der Waals surface area contributed by atoms with Gasteiger partial charge >= 0.3 is 0 Å². The lowest BCUT2D eigenvalue weighted by Crippen LogP contribution is -2.48. The Balaban J connectivity index is 1.68. The first-order chi connectivity index (χ1) is 16.0. The molecule has 0 unspecified atom stereocenters. The van der Waals surface area contributed by atoms with Crippen LogP contribution in [-0.2, 0) is 17.9 Å². The summed E-state index contributed by atoms with van der Waals surface area (Å²) in [6, 6.07) is 0.231. The smallest absolute Gasteiger partial charge is 0.283 e. The number of pyridine rings is 1. The van der Waals surface area contributed by atoms with Crippen molar-refractivity contribution in [3.05, 3.63) is 44.0 Å².